The quantitative estimate of drug-likeness (QED) is 0.355. The van der Waals surface area contributed by atoms with Gasteiger partial charge < -0.3 is 20.7 Å². The molecule has 0 spiro atoms. The molecule has 1 saturated heterocycles. The molecule has 0 aliphatic carbocycles. The molecule has 1 heterocycles. The molecule has 2 aromatic carbocycles. The van der Waals surface area contributed by atoms with Crippen molar-refractivity contribution in [3.8, 4) is 17.2 Å². The van der Waals surface area contributed by atoms with Crippen molar-refractivity contribution < 1.29 is 64.7 Å². The molecule has 0 aromatic heterocycles. The average Bonchev–Trinajstić information content (AvgIpc) is 2.97. The average molecular weight is 447 g/mol. The van der Waals surface area contributed by atoms with Crippen molar-refractivity contribution in [2.24, 2.45) is 0 Å². The number of carbonyl (C=O) groups is 3. The zero-order valence-electron chi connectivity index (χ0n) is 19.2. The Balaban J connectivity index is 0.00000272. The van der Waals surface area contributed by atoms with Crippen LogP contribution in [0.25, 0.3) is 12.2 Å². The maximum absolute atomic E-state index is 12.9. The van der Waals surface area contributed by atoms with E-state index in [0.29, 0.717) is 33.3 Å². The predicted molar refractivity (Wildman–Crippen MR) is 114 cm³/mol. The third-order valence-electron chi connectivity index (χ3n) is 4.64. The van der Waals surface area contributed by atoms with Crippen LogP contribution in [0, 0.1) is 0 Å². The van der Waals surface area contributed by atoms with E-state index in [9.17, 15) is 14.4 Å². The van der Waals surface area contributed by atoms with Gasteiger partial charge in [-0.2, -0.15) is 0 Å². The minimum absolute atomic E-state index is 0. The van der Waals surface area contributed by atoms with E-state index >= 15 is 0 Å². The zero-order chi connectivity index (χ0) is 22.5. The molecule has 0 radical (unpaired) electrons. The van der Waals surface area contributed by atoms with E-state index in [1.54, 1.807) is 42.5 Å². The molecule has 0 atom stereocenters. The minimum Gasteiger partial charge on any atom is -1.00 e. The Morgan fingerprint density at radius 1 is 0.906 bits per heavy atom. The van der Waals surface area contributed by atoms with Gasteiger partial charge in [0.25, 0.3) is 11.8 Å². The predicted octanol–water partition coefficient (Wildman–Crippen LogP) is -0.251. The van der Waals surface area contributed by atoms with Crippen molar-refractivity contribution in [3.63, 3.8) is 0 Å². The van der Waals surface area contributed by atoms with Crippen LogP contribution < -0.4 is 43.8 Å². The summed E-state index contributed by atoms with van der Waals surface area (Å²) in [6.45, 7) is -0.726. The molecule has 2 aromatic rings. The number of methoxy groups -OCH3 is 3. The molecule has 0 bridgehead atoms. The fraction of sp³-hybridized carbons (Fsp3) is 0.174. The molecule has 0 saturated carbocycles. The molecule has 9 heteroatoms. The van der Waals surface area contributed by atoms with Gasteiger partial charge in [-0.05, 0) is 35.4 Å². The molecule has 1 fully saturated rings. The molecule has 2 amide bonds. The van der Waals surface area contributed by atoms with E-state index in [1.807, 2.05) is 6.07 Å². The van der Waals surface area contributed by atoms with Gasteiger partial charge in [0.05, 0.1) is 32.5 Å². The van der Waals surface area contributed by atoms with Crippen LogP contribution in [0.3, 0.4) is 0 Å². The number of hydrogen-bond acceptors (Lipinski definition) is 6. The van der Waals surface area contributed by atoms with Gasteiger partial charge in [0.15, 0.2) is 11.5 Å². The first-order chi connectivity index (χ1) is 14.9. The van der Waals surface area contributed by atoms with Crippen LogP contribution in [0.15, 0.2) is 53.6 Å². The molecule has 162 valence electrons. The van der Waals surface area contributed by atoms with Crippen molar-refractivity contribution >= 4 is 29.9 Å². The Morgan fingerprint density at radius 3 is 1.84 bits per heavy atom. The van der Waals surface area contributed by atoms with Gasteiger partial charge in [0.1, 0.15) is 6.54 Å². The number of rotatable bonds is 7. The number of imide groups is 1. The summed E-state index contributed by atoms with van der Waals surface area (Å²) >= 11 is 0. The first-order valence-corrected chi connectivity index (χ1v) is 9.26. The van der Waals surface area contributed by atoms with Crippen molar-refractivity contribution in [2.45, 2.75) is 0 Å². The summed E-state index contributed by atoms with van der Waals surface area (Å²) in [4.78, 5) is 37.7. The van der Waals surface area contributed by atoms with E-state index in [2.05, 4.69) is 0 Å². The normalized spacial score (nSPS) is 15.7. The van der Waals surface area contributed by atoms with Gasteiger partial charge in [-0.15, -0.1) is 0 Å². The van der Waals surface area contributed by atoms with Gasteiger partial charge in [-0.25, -0.2) is 0 Å². The van der Waals surface area contributed by atoms with E-state index in [1.165, 1.54) is 27.4 Å². The fourth-order valence-corrected chi connectivity index (χ4v) is 3.24. The summed E-state index contributed by atoms with van der Waals surface area (Å²) in [5.41, 5.74) is 1.39. The monoisotopic (exact) mass is 447 g/mol. The Labute approximate surface area is 208 Å². The molecule has 32 heavy (non-hydrogen) atoms. The summed E-state index contributed by atoms with van der Waals surface area (Å²) in [5.74, 6) is -1.51. The molecular formula is C23H22NNaO7. The van der Waals surface area contributed by atoms with Crippen LogP contribution in [-0.4, -0.2) is 55.7 Å². The summed E-state index contributed by atoms with van der Waals surface area (Å²) in [6.07, 6.45) is 3.06. The second-order valence-electron chi connectivity index (χ2n) is 6.58. The van der Waals surface area contributed by atoms with Crippen LogP contribution in [0.5, 0.6) is 17.2 Å². The number of aliphatic carboxylic acids is 1. The number of nitrogens with zero attached hydrogens (tertiary/aromatic N) is 1. The van der Waals surface area contributed by atoms with Gasteiger partial charge in [0, 0.05) is 0 Å². The molecule has 1 aliphatic rings. The van der Waals surface area contributed by atoms with Crippen molar-refractivity contribution in [1.29, 1.82) is 0 Å². The van der Waals surface area contributed by atoms with Gasteiger partial charge >= 0.3 is 35.5 Å². The fourth-order valence-electron chi connectivity index (χ4n) is 3.24. The maximum atomic E-state index is 12.9. The standard InChI is InChI=1S/C23H21NO7.Na.H/c1-29-18-11-15(12-19(30-2)21(18)31-3)10-17-16(9-14-7-5-4-6-8-14)22(27)24(23(17)28)13-20(25)26;;/h4-12H,13H2,1-3H3,(H,25,26);;/q;+1;-1/b16-9+,17-10+;;. The van der Waals surface area contributed by atoms with Gasteiger partial charge in [0.2, 0.25) is 5.75 Å². The summed E-state index contributed by atoms with van der Waals surface area (Å²) < 4.78 is 16.0. The minimum atomic E-state index is -1.28. The Bertz CT molecular complexity index is 1070. The van der Waals surface area contributed by atoms with E-state index in [4.69, 9.17) is 19.3 Å². The van der Waals surface area contributed by atoms with Crippen LogP contribution in [0.1, 0.15) is 12.6 Å². The zero-order valence-corrected chi connectivity index (χ0v) is 20.2. The van der Waals surface area contributed by atoms with Crippen molar-refractivity contribution in [1.82, 2.24) is 4.90 Å². The number of ether oxygens (including phenoxy) is 3. The summed E-state index contributed by atoms with van der Waals surface area (Å²) in [5, 5.41) is 9.12. The van der Waals surface area contributed by atoms with Gasteiger partial charge in [-0.3, -0.25) is 19.3 Å². The second kappa shape index (κ2) is 11.0. The van der Waals surface area contributed by atoms with Crippen molar-refractivity contribution in [2.75, 3.05) is 27.9 Å². The first-order valence-electron chi connectivity index (χ1n) is 9.26. The summed E-state index contributed by atoms with van der Waals surface area (Å²) in [6, 6.07) is 12.2. The first kappa shape index (κ1) is 25.2. The number of carbonyl (C=O) groups excluding carboxylic acids is 2. The number of likely N-dealkylation sites (tertiary alicyclic amines) is 1. The molecule has 1 aliphatic heterocycles. The topological polar surface area (TPSA) is 102 Å². The van der Waals surface area contributed by atoms with Crippen LogP contribution in [0.2, 0.25) is 0 Å². The smallest absolute Gasteiger partial charge is 1.00 e. The molecule has 1 N–H and O–H groups in total. The third-order valence-corrected chi connectivity index (χ3v) is 4.64. The molecular weight excluding hydrogens is 425 g/mol. The second-order valence-corrected chi connectivity index (χ2v) is 6.58. The maximum Gasteiger partial charge on any atom is 1.00 e. The Morgan fingerprint density at radius 2 is 1.41 bits per heavy atom. The van der Waals surface area contributed by atoms with Crippen molar-refractivity contribution in [3.05, 3.63) is 64.7 Å². The van der Waals surface area contributed by atoms with E-state index in [-0.39, 0.29) is 42.1 Å². The Kier molecular flexibility index (Phi) is 8.65. The number of carboxylic acid groups (broad SMARTS) is 1. The van der Waals surface area contributed by atoms with Gasteiger partial charge in [-0.1, -0.05) is 30.3 Å². The molecule has 0 unspecified atom stereocenters. The molecule has 3 rings (SSSR count). The SMILES string of the molecule is COc1cc(/C=C2/C(=O)N(CC(=O)O)C(=O)/C2=C/c2ccccc2)cc(OC)c1OC.[H-].[Na+]. The largest absolute Gasteiger partial charge is 1.00 e. The summed E-state index contributed by atoms with van der Waals surface area (Å²) in [7, 11) is 4.41. The number of hydrogen-bond donors (Lipinski definition) is 1. The number of benzene rings is 2. The number of carboxylic acids is 1. The van der Waals surface area contributed by atoms with Crippen LogP contribution in [0.4, 0.5) is 0 Å². The van der Waals surface area contributed by atoms with Crippen LogP contribution >= 0.6 is 0 Å². The third kappa shape index (κ3) is 5.21. The van der Waals surface area contributed by atoms with E-state index < -0.39 is 24.3 Å². The van der Waals surface area contributed by atoms with E-state index in [0.717, 1.165) is 0 Å². The Hall–Kier alpha value is -3.07. The number of amides is 2. The van der Waals surface area contributed by atoms with Crippen LogP contribution in [-0.2, 0) is 14.4 Å². The molecule has 8 nitrogen and oxygen atoms in total.